The molecule has 4 saturated carbocycles. The molecule has 0 bridgehead atoms. The first-order chi connectivity index (χ1) is 4.85. The highest BCUT2D eigenvalue weighted by atomic mass is 15.3. The van der Waals surface area contributed by atoms with E-state index in [1.807, 2.05) is 0 Å². The Hall–Kier alpha value is -0.0400. The Morgan fingerprint density at radius 1 is 1.20 bits per heavy atom. The fourth-order valence-electron chi connectivity index (χ4n) is 4.63. The van der Waals surface area contributed by atoms with Gasteiger partial charge in [-0.05, 0) is 41.9 Å². The first kappa shape index (κ1) is 4.10. The van der Waals surface area contributed by atoms with E-state index >= 15 is 0 Å². The molecular weight excluding hydrogens is 122 g/mol. The normalized spacial score (nSPS) is 91.2. The Morgan fingerprint density at radius 2 is 2.00 bits per heavy atom. The number of fused-ring (bicyclic) bond motifs is 2. The number of nitrogens with one attached hydrogen (secondary N) is 1. The van der Waals surface area contributed by atoms with Gasteiger partial charge >= 0.3 is 0 Å². The van der Waals surface area contributed by atoms with Gasteiger partial charge in [0.25, 0.3) is 0 Å². The summed E-state index contributed by atoms with van der Waals surface area (Å²) in [5, 5.41) is 3.59. The molecule has 5 rings (SSSR count). The van der Waals surface area contributed by atoms with Crippen LogP contribution in [-0.4, -0.2) is 12.1 Å². The van der Waals surface area contributed by atoms with Crippen molar-refractivity contribution in [2.24, 2.45) is 22.7 Å². The van der Waals surface area contributed by atoms with Crippen molar-refractivity contribution in [2.75, 3.05) is 6.54 Å². The lowest BCUT2D eigenvalue weighted by molar-refractivity contribution is 0.137. The highest BCUT2D eigenvalue weighted by Gasteiger charge is 3.02. The molecule has 10 heavy (non-hydrogen) atoms. The average Bonchev–Trinajstić information content (AvgIpc) is 2.68. The summed E-state index contributed by atoms with van der Waals surface area (Å²) in [7, 11) is 0. The second-order valence-corrected chi connectivity index (χ2v) is 5.36. The standard InChI is InChI=1S/C9H11N/c1-5-6-2-9(5,6)7(1)3-8(7)4-10-8/h5-6,10H,1-4H2/t5?,6?,7-,8?,9?/m0/s1. The molecule has 1 saturated heterocycles. The fourth-order valence-corrected chi connectivity index (χ4v) is 4.63. The molecule has 52 valence electrons. The predicted octanol–water partition coefficient (Wildman–Crippen LogP) is 0.758. The molecule has 1 heterocycles. The van der Waals surface area contributed by atoms with E-state index < -0.39 is 0 Å². The van der Waals surface area contributed by atoms with Crippen molar-refractivity contribution in [1.82, 2.24) is 5.32 Å². The van der Waals surface area contributed by atoms with Crippen molar-refractivity contribution < 1.29 is 0 Å². The van der Waals surface area contributed by atoms with Crippen LogP contribution in [0.5, 0.6) is 0 Å². The van der Waals surface area contributed by atoms with Crippen molar-refractivity contribution in [3.8, 4) is 0 Å². The first-order valence-corrected chi connectivity index (χ1v) is 4.60. The summed E-state index contributed by atoms with van der Waals surface area (Å²) in [6, 6.07) is 0. The molecule has 1 aliphatic heterocycles. The molecule has 0 amide bonds. The second kappa shape index (κ2) is 0.677. The Kier molecular flexibility index (Phi) is 0.278. The molecule has 5 atom stereocenters. The Labute approximate surface area is 60.2 Å². The Balaban J connectivity index is 1.76. The van der Waals surface area contributed by atoms with Gasteiger partial charge < -0.3 is 5.32 Å². The van der Waals surface area contributed by atoms with Crippen LogP contribution in [0, 0.1) is 22.7 Å². The largest absolute Gasteiger partial charge is 0.308 e. The quantitative estimate of drug-likeness (QED) is 0.484. The van der Waals surface area contributed by atoms with Crippen molar-refractivity contribution in [2.45, 2.75) is 24.8 Å². The van der Waals surface area contributed by atoms with Crippen LogP contribution in [0.25, 0.3) is 0 Å². The van der Waals surface area contributed by atoms with Crippen LogP contribution in [0.15, 0.2) is 0 Å². The van der Waals surface area contributed by atoms with E-state index in [2.05, 4.69) is 5.32 Å². The lowest BCUT2D eigenvalue weighted by Crippen LogP contribution is -2.32. The number of hydrogen-bond donors (Lipinski definition) is 1. The van der Waals surface area contributed by atoms with E-state index in [0.29, 0.717) is 0 Å². The van der Waals surface area contributed by atoms with E-state index in [-0.39, 0.29) is 0 Å². The van der Waals surface area contributed by atoms with Crippen LogP contribution in [0.1, 0.15) is 19.3 Å². The van der Waals surface area contributed by atoms with E-state index in [9.17, 15) is 0 Å². The molecule has 4 aliphatic carbocycles. The number of rotatable bonds is 0. The molecule has 1 N–H and O–H groups in total. The third kappa shape index (κ3) is 0.161. The van der Waals surface area contributed by atoms with Gasteiger partial charge in [-0.2, -0.15) is 0 Å². The minimum atomic E-state index is 0.759. The SMILES string of the molecule is C1NC12C[C@@]21CC2C3CC321. The zero-order chi connectivity index (χ0) is 6.19. The highest BCUT2D eigenvalue weighted by Crippen LogP contribution is 3.04. The van der Waals surface area contributed by atoms with Gasteiger partial charge in [-0.3, -0.25) is 0 Å². The van der Waals surface area contributed by atoms with Crippen molar-refractivity contribution >= 4 is 0 Å². The summed E-state index contributed by atoms with van der Waals surface area (Å²) in [6.07, 6.45) is 4.80. The number of hydrogen-bond acceptors (Lipinski definition) is 1. The maximum atomic E-state index is 3.59. The summed E-state index contributed by atoms with van der Waals surface area (Å²) in [4.78, 5) is 0. The Bertz CT molecular complexity index is 270. The molecule has 0 aromatic carbocycles. The van der Waals surface area contributed by atoms with E-state index in [1.165, 1.54) is 18.4 Å². The van der Waals surface area contributed by atoms with Crippen LogP contribution in [0.2, 0.25) is 0 Å². The summed E-state index contributed by atoms with van der Waals surface area (Å²) < 4.78 is 0. The minimum absolute atomic E-state index is 0.759. The lowest BCUT2D eigenvalue weighted by atomic mass is 9.69. The molecule has 0 radical (unpaired) electrons. The summed E-state index contributed by atoms with van der Waals surface area (Å²) in [5.41, 5.74) is 2.67. The third-order valence-corrected chi connectivity index (χ3v) is 5.55. The molecule has 0 aromatic rings. The molecule has 4 unspecified atom stereocenters. The molecule has 1 nitrogen and oxygen atoms in total. The second-order valence-electron chi connectivity index (χ2n) is 5.36. The van der Waals surface area contributed by atoms with Gasteiger partial charge in [0.2, 0.25) is 0 Å². The van der Waals surface area contributed by atoms with Crippen molar-refractivity contribution in [3.63, 3.8) is 0 Å². The lowest BCUT2D eigenvalue weighted by Gasteiger charge is -2.35. The molecule has 3 spiro atoms. The molecule has 5 fully saturated rings. The predicted molar refractivity (Wildman–Crippen MR) is 36.4 cm³/mol. The Morgan fingerprint density at radius 3 is 2.30 bits per heavy atom. The summed E-state index contributed by atoms with van der Waals surface area (Å²) in [5.74, 6) is 2.49. The van der Waals surface area contributed by atoms with Gasteiger partial charge in [-0.1, -0.05) is 0 Å². The van der Waals surface area contributed by atoms with E-state index in [1.54, 1.807) is 19.3 Å². The topological polar surface area (TPSA) is 21.9 Å². The molecule has 1 heteroatoms. The summed E-state index contributed by atoms with van der Waals surface area (Å²) in [6.45, 7) is 1.37. The molecular formula is C9H11N. The van der Waals surface area contributed by atoms with Gasteiger partial charge in [0.1, 0.15) is 0 Å². The van der Waals surface area contributed by atoms with Gasteiger partial charge in [-0.25, -0.2) is 0 Å². The zero-order valence-electron chi connectivity index (χ0n) is 5.98. The van der Waals surface area contributed by atoms with Gasteiger partial charge in [0.05, 0.1) is 0 Å². The van der Waals surface area contributed by atoms with Gasteiger partial charge in [0.15, 0.2) is 0 Å². The maximum absolute atomic E-state index is 3.59. The van der Waals surface area contributed by atoms with Crippen molar-refractivity contribution in [1.29, 1.82) is 0 Å². The average molecular weight is 133 g/mol. The first-order valence-electron chi connectivity index (χ1n) is 4.60. The van der Waals surface area contributed by atoms with Gasteiger partial charge in [0, 0.05) is 12.1 Å². The van der Waals surface area contributed by atoms with Crippen LogP contribution < -0.4 is 5.32 Å². The van der Waals surface area contributed by atoms with E-state index in [4.69, 9.17) is 0 Å². The van der Waals surface area contributed by atoms with Gasteiger partial charge in [-0.15, -0.1) is 0 Å². The van der Waals surface area contributed by atoms with Crippen molar-refractivity contribution in [3.05, 3.63) is 0 Å². The van der Waals surface area contributed by atoms with Crippen LogP contribution >= 0.6 is 0 Å². The van der Waals surface area contributed by atoms with Crippen LogP contribution in [-0.2, 0) is 0 Å². The fraction of sp³-hybridized carbons (Fsp3) is 1.00. The summed E-state index contributed by atoms with van der Waals surface area (Å²) >= 11 is 0. The smallest absolute Gasteiger partial charge is 0.0376 e. The zero-order valence-corrected chi connectivity index (χ0v) is 5.98. The third-order valence-electron chi connectivity index (χ3n) is 5.55. The maximum Gasteiger partial charge on any atom is 0.0376 e. The molecule has 5 aliphatic rings. The highest BCUT2D eigenvalue weighted by molar-refractivity contribution is 5.53. The molecule has 0 aromatic heterocycles. The minimum Gasteiger partial charge on any atom is -0.308 e. The van der Waals surface area contributed by atoms with E-state index in [0.717, 1.165) is 16.4 Å². The van der Waals surface area contributed by atoms with Crippen LogP contribution in [0.3, 0.4) is 0 Å². The van der Waals surface area contributed by atoms with Crippen LogP contribution in [0.4, 0.5) is 0 Å². The monoisotopic (exact) mass is 133 g/mol.